The number of carbonyl (C=O) groups excluding carboxylic acids is 1. The van der Waals surface area contributed by atoms with Gasteiger partial charge in [-0.05, 0) is 42.2 Å². The number of hydrogen-bond acceptors (Lipinski definition) is 3. The van der Waals surface area contributed by atoms with E-state index in [2.05, 4.69) is 34.4 Å². The minimum Gasteiger partial charge on any atom is -0.352 e. The van der Waals surface area contributed by atoms with E-state index in [9.17, 15) is 4.79 Å². The first kappa shape index (κ1) is 10.6. The normalized spacial score (nSPS) is 17.4. The van der Waals surface area contributed by atoms with Crippen LogP contribution in [-0.4, -0.2) is 18.5 Å². The largest absolute Gasteiger partial charge is 0.352 e. The van der Waals surface area contributed by atoms with E-state index >= 15 is 0 Å². The number of nitrogens with one attached hydrogen (secondary N) is 2. The third-order valence-corrected chi connectivity index (χ3v) is 3.26. The Kier molecular flexibility index (Phi) is 3.38. The van der Waals surface area contributed by atoms with E-state index in [4.69, 9.17) is 0 Å². The molecule has 1 aliphatic rings. The molecule has 1 fully saturated rings. The summed E-state index contributed by atoms with van der Waals surface area (Å²) in [6, 6.07) is 2.79. The summed E-state index contributed by atoms with van der Waals surface area (Å²) >= 11 is 1.68. The van der Waals surface area contributed by atoms with Gasteiger partial charge in [-0.2, -0.15) is 11.3 Å². The van der Waals surface area contributed by atoms with Crippen LogP contribution >= 0.6 is 11.3 Å². The van der Waals surface area contributed by atoms with Crippen LogP contribution in [0.4, 0.5) is 0 Å². The van der Waals surface area contributed by atoms with Crippen molar-refractivity contribution in [2.45, 2.75) is 31.8 Å². The molecule has 2 N–H and O–H groups in total. The molecule has 4 heteroatoms. The van der Waals surface area contributed by atoms with E-state index in [0.29, 0.717) is 12.6 Å². The molecule has 1 aromatic heterocycles. The number of carbonyl (C=O) groups is 1. The van der Waals surface area contributed by atoms with Crippen molar-refractivity contribution < 1.29 is 4.79 Å². The molecular formula is C11H16N2OS. The van der Waals surface area contributed by atoms with Gasteiger partial charge < -0.3 is 10.6 Å². The van der Waals surface area contributed by atoms with Crippen molar-refractivity contribution in [3.63, 3.8) is 0 Å². The van der Waals surface area contributed by atoms with Gasteiger partial charge in [0.2, 0.25) is 5.91 Å². The van der Waals surface area contributed by atoms with Gasteiger partial charge in [0.15, 0.2) is 0 Å². The Morgan fingerprint density at radius 3 is 3.07 bits per heavy atom. The van der Waals surface area contributed by atoms with Gasteiger partial charge in [-0.15, -0.1) is 0 Å². The summed E-state index contributed by atoms with van der Waals surface area (Å²) in [5.74, 6) is 0.111. The van der Waals surface area contributed by atoms with Crippen molar-refractivity contribution in [3.8, 4) is 0 Å². The molecule has 1 aliphatic carbocycles. The Hall–Kier alpha value is -0.870. The molecule has 1 amide bonds. The van der Waals surface area contributed by atoms with Crippen LogP contribution in [0.5, 0.6) is 0 Å². The van der Waals surface area contributed by atoms with E-state index in [1.54, 1.807) is 11.3 Å². The molecule has 0 bridgehead atoms. The molecule has 82 valence electrons. The standard InChI is InChI=1S/C11H16N2OS/c1-8(9-4-5-15-7-9)12-6-11(14)13-10-2-3-10/h4-5,7-8,10,12H,2-3,6H2,1H3,(H,13,14). The molecule has 1 unspecified atom stereocenters. The number of amides is 1. The Morgan fingerprint density at radius 1 is 1.67 bits per heavy atom. The predicted molar refractivity (Wildman–Crippen MR) is 61.9 cm³/mol. The van der Waals surface area contributed by atoms with Crippen molar-refractivity contribution in [2.75, 3.05) is 6.54 Å². The van der Waals surface area contributed by atoms with Crippen LogP contribution in [0.3, 0.4) is 0 Å². The SMILES string of the molecule is CC(NCC(=O)NC1CC1)c1ccsc1. The average molecular weight is 224 g/mol. The van der Waals surface area contributed by atoms with Crippen LogP contribution in [0.2, 0.25) is 0 Å². The van der Waals surface area contributed by atoms with Crippen LogP contribution in [0, 0.1) is 0 Å². The molecule has 2 rings (SSSR count). The first-order chi connectivity index (χ1) is 7.25. The summed E-state index contributed by atoms with van der Waals surface area (Å²) in [7, 11) is 0. The van der Waals surface area contributed by atoms with E-state index in [-0.39, 0.29) is 11.9 Å². The molecule has 1 aromatic rings. The van der Waals surface area contributed by atoms with Gasteiger partial charge in [0.05, 0.1) is 6.54 Å². The number of rotatable bonds is 5. The second-order valence-corrected chi connectivity index (χ2v) is 4.78. The molecule has 0 radical (unpaired) electrons. The molecule has 0 saturated heterocycles. The van der Waals surface area contributed by atoms with Crippen molar-refractivity contribution in [3.05, 3.63) is 22.4 Å². The lowest BCUT2D eigenvalue weighted by atomic mass is 10.2. The van der Waals surface area contributed by atoms with Gasteiger partial charge in [-0.1, -0.05) is 0 Å². The van der Waals surface area contributed by atoms with E-state index in [1.165, 1.54) is 5.56 Å². The van der Waals surface area contributed by atoms with Crippen LogP contribution in [0.1, 0.15) is 31.4 Å². The minimum absolute atomic E-state index is 0.111. The maximum Gasteiger partial charge on any atom is 0.234 e. The summed E-state index contributed by atoms with van der Waals surface area (Å²) in [5.41, 5.74) is 1.25. The molecular weight excluding hydrogens is 208 g/mol. The fraction of sp³-hybridized carbons (Fsp3) is 0.545. The lowest BCUT2D eigenvalue weighted by Gasteiger charge is -2.12. The topological polar surface area (TPSA) is 41.1 Å². The van der Waals surface area contributed by atoms with Crippen molar-refractivity contribution in [2.24, 2.45) is 0 Å². The smallest absolute Gasteiger partial charge is 0.234 e. The highest BCUT2D eigenvalue weighted by atomic mass is 32.1. The van der Waals surface area contributed by atoms with Crippen LogP contribution in [-0.2, 0) is 4.79 Å². The zero-order valence-corrected chi connectivity index (χ0v) is 9.64. The summed E-state index contributed by atoms with van der Waals surface area (Å²) < 4.78 is 0. The summed E-state index contributed by atoms with van der Waals surface area (Å²) in [4.78, 5) is 11.4. The van der Waals surface area contributed by atoms with E-state index in [1.807, 2.05) is 0 Å². The zero-order chi connectivity index (χ0) is 10.7. The Balaban J connectivity index is 1.70. The Morgan fingerprint density at radius 2 is 2.47 bits per heavy atom. The molecule has 1 saturated carbocycles. The first-order valence-corrected chi connectivity index (χ1v) is 6.25. The lowest BCUT2D eigenvalue weighted by molar-refractivity contribution is -0.120. The monoisotopic (exact) mass is 224 g/mol. The zero-order valence-electron chi connectivity index (χ0n) is 8.82. The third kappa shape index (κ3) is 3.32. The van der Waals surface area contributed by atoms with Crippen LogP contribution in [0.25, 0.3) is 0 Å². The van der Waals surface area contributed by atoms with Crippen molar-refractivity contribution in [1.29, 1.82) is 0 Å². The first-order valence-electron chi connectivity index (χ1n) is 5.30. The second kappa shape index (κ2) is 4.77. The molecule has 0 aromatic carbocycles. The van der Waals surface area contributed by atoms with Gasteiger partial charge in [0.1, 0.15) is 0 Å². The van der Waals surface area contributed by atoms with Gasteiger partial charge in [0, 0.05) is 12.1 Å². The van der Waals surface area contributed by atoms with Crippen LogP contribution < -0.4 is 10.6 Å². The van der Waals surface area contributed by atoms with Crippen molar-refractivity contribution in [1.82, 2.24) is 10.6 Å². The van der Waals surface area contributed by atoms with Crippen molar-refractivity contribution >= 4 is 17.2 Å². The highest BCUT2D eigenvalue weighted by Gasteiger charge is 2.23. The van der Waals surface area contributed by atoms with Gasteiger partial charge >= 0.3 is 0 Å². The average Bonchev–Trinajstić information content (AvgIpc) is 2.86. The number of hydrogen-bond donors (Lipinski definition) is 2. The minimum atomic E-state index is 0.111. The van der Waals surface area contributed by atoms with Gasteiger partial charge in [-0.3, -0.25) is 4.79 Å². The Labute approximate surface area is 93.9 Å². The molecule has 15 heavy (non-hydrogen) atoms. The summed E-state index contributed by atoms with van der Waals surface area (Å²) in [6.45, 7) is 2.49. The van der Waals surface area contributed by atoms with Gasteiger partial charge in [-0.25, -0.2) is 0 Å². The summed E-state index contributed by atoms with van der Waals surface area (Å²) in [6.07, 6.45) is 2.29. The Bertz CT molecular complexity index is 319. The highest BCUT2D eigenvalue weighted by Crippen LogP contribution is 2.18. The van der Waals surface area contributed by atoms with Gasteiger partial charge in [0.25, 0.3) is 0 Å². The maximum absolute atomic E-state index is 11.4. The predicted octanol–water partition coefficient (Wildman–Crippen LogP) is 1.68. The third-order valence-electron chi connectivity index (χ3n) is 2.55. The molecule has 0 spiro atoms. The second-order valence-electron chi connectivity index (χ2n) is 4.00. The fourth-order valence-corrected chi connectivity index (χ4v) is 2.15. The van der Waals surface area contributed by atoms with Crippen LogP contribution in [0.15, 0.2) is 16.8 Å². The molecule has 0 aliphatic heterocycles. The highest BCUT2D eigenvalue weighted by molar-refractivity contribution is 7.07. The lowest BCUT2D eigenvalue weighted by Crippen LogP contribution is -2.36. The quantitative estimate of drug-likeness (QED) is 0.799. The molecule has 3 nitrogen and oxygen atoms in total. The number of thiophene rings is 1. The maximum atomic E-state index is 11.4. The summed E-state index contributed by atoms with van der Waals surface area (Å²) in [5, 5.41) is 10.3. The molecule has 1 heterocycles. The molecule has 1 atom stereocenters. The van der Waals surface area contributed by atoms with E-state index in [0.717, 1.165) is 12.8 Å². The van der Waals surface area contributed by atoms with E-state index < -0.39 is 0 Å². The fourth-order valence-electron chi connectivity index (χ4n) is 1.39.